The summed E-state index contributed by atoms with van der Waals surface area (Å²) in [5, 5.41) is 13.9. The summed E-state index contributed by atoms with van der Waals surface area (Å²) in [6.07, 6.45) is 0. The third-order valence-corrected chi connectivity index (χ3v) is 2.92. The van der Waals surface area contributed by atoms with E-state index in [1.54, 1.807) is 6.07 Å². The average molecular weight is 256 g/mol. The topological polar surface area (TPSA) is 55.2 Å². The lowest BCUT2D eigenvalue weighted by Gasteiger charge is -2.09. The first-order valence-corrected chi connectivity index (χ1v) is 6.17. The van der Waals surface area contributed by atoms with Crippen LogP contribution in [0, 0.1) is 10.1 Å². The number of nitro benzene ring substituents is 1. The first kappa shape index (κ1) is 13.1. The Balaban J connectivity index is 2.16. The van der Waals surface area contributed by atoms with E-state index in [-0.39, 0.29) is 5.69 Å². The zero-order valence-electron chi connectivity index (χ0n) is 11.0. The van der Waals surface area contributed by atoms with Gasteiger partial charge in [0.2, 0.25) is 0 Å². The lowest BCUT2D eigenvalue weighted by atomic mass is 10.0. The van der Waals surface area contributed by atoms with E-state index in [1.807, 2.05) is 18.2 Å². The number of rotatable bonds is 4. The Morgan fingerprint density at radius 2 is 1.74 bits per heavy atom. The van der Waals surface area contributed by atoms with Crippen molar-refractivity contribution >= 4 is 17.1 Å². The minimum atomic E-state index is -0.396. The van der Waals surface area contributed by atoms with E-state index in [1.165, 1.54) is 17.7 Å². The zero-order chi connectivity index (χ0) is 13.8. The number of anilines is 2. The molecule has 0 saturated carbocycles. The van der Waals surface area contributed by atoms with Gasteiger partial charge in [-0.2, -0.15) is 0 Å². The number of hydrogen-bond donors (Lipinski definition) is 1. The van der Waals surface area contributed by atoms with Crippen LogP contribution in [0.4, 0.5) is 17.1 Å². The van der Waals surface area contributed by atoms with Crippen molar-refractivity contribution in [1.82, 2.24) is 0 Å². The van der Waals surface area contributed by atoms with Crippen LogP contribution in [-0.2, 0) is 0 Å². The van der Waals surface area contributed by atoms with Crippen molar-refractivity contribution in [2.75, 3.05) is 5.32 Å². The van der Waals surface area contributed by atoms with Crippen LogP contribution in [0.3, 0.4) is 0 Å². The highest BCUT2D eigenvalue weighted by Crippen LogP contribution is 2.23. The molecule has 0 aliphatic carbocycles. The van der Waals surface area contributed by atoms with Gasteiger partial charge < -0.3 is 5.32 Å². The van der Waals surface area contributed by atoms with Gasteiger partial charge in [-0.1, -0.05) is 32.0 Å². The van der Waals surface area contributed by atoms with E-state index in [9.17, 15) is 10.1 Å². The molecule has 0 fully saturated rings. The van der Waals surface area contributed by atoms with Crippen LogP contribution in [0.25, 0.3) is 0 Å². The molecule has 19 heavy (non-hydrogen) atoms. The molecule has 2 rings (SSSR count). The maximum Gasteiger partial charge on any atom is 0.271 e. The lowest BCUT2D eigenvalue weighted by molar-refractivity contribution is -0.384. The highest BCUT2D eigenvalue weighted by atomic mass is 16.6. The number of hydrogen-bond acceptors (Lipinski definition) is 3. The fraction of sp³-hybridized carbons (Fsp3) is 0.200. The summed E-state index contributed by atoms with van der Waals surface area (Å²) >= 11 is 0. The molecule has 0 amide bonds. The first-order valence-electron chi connectivity index (χ1n) is 6.17. The summed E-state index contributed by atoms with van der Waals surface area (Å²) in [7, 11) is 0. The van der Waals surface area contributed by atoms with Crippen LogP contribution in [0.15, 0.2) is 48.5 Å². The largest absolute Gasteiger partial charge is 0.355 e. The second kappa shape index (κ2) is 5.52. The Bertz CT molecular complexity index is 577. The van der Waals surface area contributed by atoms with Crippen LogP contribution < -0.4 is 5.32 Å². The van der Waals surface area contributed by atoms with Gasteiger partial charge in [0.05, 0.1) is 4.92 Å². The maximum absolute atomic E-state index is 10.7. The average Bonchev–Trinajstić information content (AvgIpc) is 2.39. The maximum atomic E-state index is 10.7. The van der Waals surface area contributed by atoms with E-state index >= 15 is 0 Å². The molecule has 0 bridgehead atoms. The number of nitrogens with one attached hydrogen (secondary N) is 1. The molecule has 1 N–H and O–H groups in total. The molecule has 0 heterocycles. The molecule has 0 saturated heterocycles. The Kier molecular flexibility index (Phi) is 3.80. The minimum Gasteiger partial charge on any atom is -0.355 e. The summed E-state index contributed by atoms with van der Waals surface area (Å²) in [5.74, 6) is 0.492. The molecule has 98 valence electrons. The molecule has 0 aliphatic heterocycles. The van der Waals surface area contributed by atoms with Crippen LogP contribution in [-0.4, -0.2) is 4.92 Å². The van der Waals surface area contributed by atoms with Gasteiger partial charge in [-0.25, -0.2) is 0 Å². The molecule has 0 unspecified atom stereocenters. The molecule has 0 spiro atoms. The third-order valence-electron chi connectivity index (χ3n) is 2.92. The molecule has 0 radical (unpaired) electrons. The van der Waals surface area contributed by atoms with Crippen LogP contribution in [0.1, 0.15) is 25.3 Å². The van der Waals surface area contributed by atoms with Crippen molar-refractivity contribution in [2.24, 2.45) is 0 Å². The van der Waals surface area contributed by atoms with Crippen LogP contribution in [0.5, 0.6) is 0 Å². The van der Waals surface area contributed by atoms with Crippen LogP contribution >= 0.6 is 0 Å². The van der Waals surface area contributed by atoms with Gasteiger partial charge in [0.25, 0.3) is 5.69 Å². The van der Waals surface area contributed by atoms with Crippen molar-refractivity contribution in [3.63, 3.8) is 0 Å². The Labute approximate surface area is 112 Å². The molecular formula is C15H16N2O2. The summed E-state index contributed by atoms with van der Waals surface area (Å²) in [4.78, 5) is 10.3. The highest BCUT2D eigenvalue weighted by Gasteiger charge is 2.05. The van der Waals surface area contributed by atoms with Crippen molar-refractivity contribution in [3.05, 3.63) is 64.2 Å². The molecule has 4 nitrogen and oxygen atoms in total. The van der Waals surface area contributed by atoms with Gasteiger partial charge >= 0.3 is 0 Å². The lowest BCUT2D eigenvalue weighted by Crippen LogP contribution is -1.93. The standard InChI is InChI=1S/C15H16N2O2/c1-11(2)12-6-8-13(9-7-12)16-14-4-3-5-15(10-14)17(18)19/h3-11,16H,1-2H3. The van der Waals surface area contributed by atoms with Crippen molar-refractivity contribution in [3.8, 4) is 0 Å². The summed E-state index contributed by atoms with van der Waals surface area (Å²) in [6, 6.07) is 14.6. The predicted molar refractivity (Wildman–Crippen MR) is 76.9 cm³/mol. The molecule has 2 aromatic carbocycles. The summed E-state index contributed by atoms with van der Waals surface area (Å²) in [6.45, 7) is 4.28. The van der Waals surface area contributed by atoms with Crippen molar-refractivity contribution in [1.29, 1.82) is 0 Å². The second-order valence-corrected chi connectivity index (χ2v) is 4.71. The Hall–Kier alpha value is -2.36. The normalized spacial score (nSPS) is 10.5. The molecular weight excluding hydrogens is 240 g/mol. The van der Waals surface area contributed by atoms with Crippen LogP contribution in [0.2, 0.25) is 0 Å². The number of benzene rings is 2. The molecule has 0 atom stereocenters. The monoisotopic (exact) mass is 256 g/mol. The molecule has 4 heteroatoms. The quantitative estimate of drug-likeness (QED) is 0.649. The fourth-order valence-corrected chi connectivity index (χ4v) is 1.82. The minimum absolute atomic E-state index is 0.0869. The number of non-ortho nitro benzene ring substituents is 1. The van der Waals surface area contributed by atoms with E-state index < -0.39 is 4.92 Å². The fourth-order valence-electron chi connectivity index (χ4n) is 1.82. The molecule has 0 aliphatic rings. The van der Waals surface area contributed by atoms with Gasteiger partial charge in [0, 0.05) is 23.5 Å². The van der Waals surface area contributed by atoms with E-state index in [0.29, 0.717) is 11.6 Å². The zero-order valence-corrected chi connectivity index (χ0v) is 11.0. The third kappa shape index (κ3) is 3.31. The Morgan fingerprint density at radius 3 is 2.32 bits per heavy atom. The molecule has 0 aromatic heterocycles. The Morgan fingerprint density at radius 1 is 1.05 bits per heavy atom. The van der Waals surface area contributed by atoms with E-state index in [2.05, 4.69) is 31.3 Å². The summed E-state index contributed by atoms with van der Waals surface area (Å²) < 4.78 is 0. The van der Waals surface area contributed by atoms with Crippen molar-refractivity contribution < 1.29 is 4.92 Å². The second-order valence-electron chi connectivity index (χ2n) is 4.71. The van der Waals surface area contributed by atoms with Gasteiger partial charge in [-0.15, -0.1) is 0 Å². The van der Waals surface area contributed by atoms with Gasteiger partial charge in [0.1, 0.15) is 0 Å². The SMILES string of the molecule is CC(C)c1ccc(Nc2cccc([N+](=O)[O-])c2)cc1. The highest BCUT2D eigenvalue weighted by molar-refractivity contribution is 5.62. The predicted octanol–water partition coefficient (Wildman–Crippen LogP) is 4.46. The van der Waals surface area contributed by atoms with Gasteiger partial charge in [-0.05, 0) is 29.7 Å². The van der Waals surface area contributed by atoms with Gasteiger partial charge in [-0.3, -0.25) is 10.1 Å². The summed E-state index contributed by atoms with van der Waals surface area (Å²) in [5.41, 5.74) is 2.99. The molecule has 2 aromatic rings. The smallest absolute Gasteiger partial charge is 0.271 e. The number of nitrogens with zero attached hydrogens (tertiary/aromatic N) is 1. The van der Waals surface area contributed by atoms with Crippen molar-refractivity contribution in [2.45, 2.75) is 19.8 Å². The van der Waals surface area contributed by atoms with E-state index in [0.717, 1.165) is 5.69 Å². The number of nitro groups is 1. The first-order chi connectivity index (χ1) is 9.06. The van der Waals surface area contributed by atoms with Gasteiger partial charge in [0.15, 0.2) is 0 Å². The van der Waals surface area contributed by atoms with E-state index in [4.69, 9.17) is 0 Å².